The molecule has 23 heavy (non-hydrogen) atoms. The predicted molar refractivity (Wildman–Crippen MR) is 85.8 cm³/mol. The molecule has 1 aliphatic heterocycles. The van der Waals surface area contributed by atoms with Crippen molar-refractivity contribution in [2.45, 2.75) is 45.9 Å². The molecular weight excluding hydrogens is 292 g/mol. The van der Waals surface area contributed by atoms with Crippen LogP contribution in [0, 0.1) is 5.92 Å². The van der Waals surface area contributed by atoms with Gasteiger partial charge in [0.15, 0.2) is 5.82 Å². The zero-order valence-corrected chi connectivity index (χ0v) is 13.5. The third-order valence-corrected chi connectivity index (χ3v) is 3.88. The van der Waals surface area contributed by atoms with Gasteiger partial charge >= 0.3 is 0 Å². The first-order valence-corrected chi connectivity index (χ1v) is 8.00. The summed E-state index contributed by atoms with van der Waals surface area (Å²) in [5, 5.41) is 7.20. The van der Waals surface area contributed by atoms with Gasteiger partial charge in [-0.25, -0.2) is 9.67 Å². The Morgan fingerprint density at radius 1 is 1.35 bits per heavy atom. The van der Waals surface area contributed by atoms with E-state index >= 15 is 0 Å². The highest BCUT2D eigenvalue weighted by atomic mass is 16.5. The normalized spacial score (nSPS) is 17.5. The second kappa shape index (κ2) is 6.81. The van der Waals surface area contributed by atoms with E-state index in [2.05, 4.69) is 29.2 Å². The van der Waals surface area contributed by atoms with E-state index in [1.54, 1.807) is 6.33 Å². The maximum Gasteiger partial charge on any atom is 0.220 e. The van der Waals surface area contributed by atoms with E-state index in [4.69, 9.17) is 4.74 Å². The Labute approximate surface area is 135 Å². The Bertz CT molecular complexity index is 663. The smallest absolute Gasteiger partial charge is 0.220 e. The van der Waals surface area contributed by atoms with Crippen LogP contribution in [0.2, 0.25) is 0 Å². The summed E-state index contributed by atoms with van der Waals surface area (Å²) in [4.78, 5) is 15.5. The van der Waals surface area contributed by atoms with Gasteiger partial charge in [-0.3, -0.25) is 4.79 Å². The van der Waals surface area contributed by atoms with Crippen LogP contribution < -0.4 is 10.1 Å². The van der Waals surface area contributed by atoms with Crippen LogP contribution in [0.4, 0.5) is 0 Å². The van der Waals surface area contributed by atoms with Crippen molar-refractivity contribution in [2.24, 2.45) is 5.92 Å². The topological polar surface area (TPSA) is 69.0 Å². The van der Waals surface area contributed by atoms with E-state index in [1.165, 1.54) is 0 Å². The summed E-state index contributed by atoms with van der Waals surface area (Å²) in [6, 6.07) is 8.01. The summed E-state index contributed by atoms with van der Waals surface area (Å²) in [5.41, 5.74) is 1.12. The molecule has 1 aromatic carbocycles. The van der Waals surface area contributed by atoms with Crippen molar-refractivity contribution in [3.8, 4) is 5.75 Å². The molecule has 122 valence electrons. The first kappa shape index (κ1) is 15.5. The number of hydrogen-bond donors (Lipinski definition) is 1. The van der Waals surface area contributed by atoms with Gasteiger partial charge in [0.25, 0.3) is 0 Å². The summed E-state index contributed by atoms with van der Waals surface area (Å²) < 4.78 is 7.68. The fourth-order valence-corrected chi connectivity index (χ4v) is 2.71. The van der Waals surface area contributed by atoms with E-state index in [0.29, 0.717) is 18.9 Å². The maximum atomic E-state index is 11.3. The fourth-order valence-electron chi connectivity index (χ4n) is 2.71. The number of hydrogen-bond acceptors (Lipinski definition) is 4. The molecule has 6 nitrogen and oxygen atoms in total. The molecule has 1 N–H and O–H groups in total. The molecule has 0 aliphatic carbocycles. The first-order valence-electron chi connectivity index (χ1n) is 8.00. The van der Waals surface area contributed by atoms with Crippen LogP contribution in [0.15, 0.2) is 30.6 Å². The highest BCUT2D eigenvalue weighted by Gasteiger charge is 2.21. The molecule has 0 radical (unpaired) electrons. The van der Waals surface area contributed by atoms with Crippen molar-refractivity contribution in [3.05, 3.63) is 42.0 Å². The Morgan fingerprint density at radius 3 is 2.78 bits per heavy atom. The zero-order chi connectivity index (χ0) is 16.2. The van der Waals surface area contributed by atoms with Gasteiger partial charge < -0.3 is 10.1 Å². The minimum absolute atomic E-state index is 0.125. The molecule has 1 saturated heterocycles. The minimum atomic E-state index is 0.125. The second-order valence-corrected chi connectivity index (χ2v) is 6.27. The number of carbonyl (C=O) groups excluding carboxylic acids is 1. The average molecular weight is 314 g/mol. The Balaban J connectivity index is 1.59. The van der Waals surface area contributed by atoms with Crippen LogP contribution in [0.25, 0.3) is 0 Å². The molecule has 1 fully saturated rings. The molecule has 2 heterocycles. The van der Waals surface area contributed by atoms with E-state index in [-0.39, 0.29) is 11.9 Å². The SMILES string of the molecule is CC(C)Cn1ncnc1COc1ccc(C2CCC(=O)N2)cc1. The molecule has 1 aliphatic rings. The Hall–Kier alpha value is -2.37. The predicted octanol–water partition coefficient (Wildman–Crippen LogP) is 2.46. The van der Waals surface area contributed by atoms with E-state index < -0.39 is 0 Å². The first-order chi connectivity index (χ1) is 11.1. The van der Waals surface area contributed by atoms with Crippen molar-refractivity contribution >= 4 is 5.91 Å². The Kier molecular flexibility index (Phi) is 4.60. The molecule has 1 unspecified atom stereocenters. The fraction of sp³-hybridized carbons (Fsp3) is 0.471. The van der Waals surface area contributed by atoms with E-state index in [9.17, 15) is 4.79 Å². The number of amides is 1. The summed E-state index contributed by atoms with van der Waals surface area (Å²) in [6.45, 7) is 5.52. The number of aromatic nitrogens is 3. The molecule has 0 saturated carbocycles. The van der Waals surface area contributed by atoms with Gasteiger partial charge in [-0.15, -0.1) is 0 Å². The molecule has 2 aromatic rings. The van der Waals surface area contributed by atoms with Crippen LogP contribution in [0.3, 0.4) is 0 Å². The lowest BCUT2D eigenvalue weighted by Gasteiger charge is -2.12. The molecule has 6 heteroatoms. The lowest BCUT2D eigenvalue weighted by molar-refractivity contribution is -0.119. The van der Waals surface area contributed by atoms with E-state index in [0.717, 1.165) is 30.1 Å². The Morgan fingerprint density at radius 2 is 2.13 bits per heavy atom. The van der Waals surface area contributed by atoms with Crippen molar-refractivity contribution in [3.63, 3.8) is 0 Å². The number of nitrogens with zero attached hydrogens (tertiary/aromatic N) is 3. The van der Waals surface area contributed by atoms with Crippen LogP contribution in [0.1, 0.15) is 44.1 Å². The maximum absolute atomic E-state index is 11.3. The van der Waals surface area contributed by atoms with Gasteiger partial charge in [0.2, 0.25) is 5.91 Å². The lowest BCUT2D eigenvalue weighted by atomic mass is 10.1. The third kappa shape index (κ3) is 3.88. The van der Waals surface area contributed by atoms with Gasteiger partial charge in [-0.05, 0) is 30.0 Å². The van der Waals surface area contributed by atoms with Gasteiger partial charge in [0, 0.05) is 13.0 Å². The summed E-state index contributed by atoms with van der Waals surface area (Å²) in [7, 11) is 0. The van der Waals surface area contributed by atoms with Crippen molar-refractivity contribution in [2.75, 3.05) is 0 Å². The summed E-state index contributed by atoms with van der Waals surface area (Å²) in [5.74, 6) is 2.25. The molecule has 0 bridgehead atoms. The largest absolute Gasteiger partial charge is 0.486 e. The second-order valence-electron chi connectivity index (χ2n) is 6.27. The summed E-state index contributed by atoms with van der Waals surface area (Å²) >= 11 is 0. The molecular formula is C17H22N4O2. The number of nitrogens with one attached hydrogen (secondary N) is 1. The molecule has 1 amide bonds. The zero-order valence-electron chi connectivity index (χ0n) is 13.5. The van der Waals surface area contributed by atoms with Gasteiger partial charge in [0.1, 0.15) is 18.7 Å². The van der Waals surface area contributed by atoms with Crippen molar-refractivity contribution < 1.29 is 9.53 Å². The number of ether oxygens (including phenoxy) is 1. The molecule has 1 aromatic heterocycles. The van der Waals surface area contributed by atoms with Crippen LogP contribution in [-0.2, 0) is 17.9 Å². The van der Waals surface area contributed by atoms with E-state index in [1.807, 2.05) is 28.9 Å². The average Bonchev–Trinajstić information content (AvgIpc) is 3.14. The number of rotatable bonds is 6. The molecule has 0 spiro atoms. The van der Waals surface area contributed by atoms with Crippen molar-refractivity contribution in [1.82, 2.24) is 20.1 Å². The minimum Gasteiger partial charge on any atom is -0.486 e. The number of benzene rings is 1. The lowest BCUT2D eigenvalue weighted by Crippen LogP contribution is -2.18. The van der Waals surface area contributed by atoms with Gasteiger partial charge in [0.05, 0.1) is 6.04 Å². The van der Waals surface area contributed by atoms with Gasteiger partial charge in [-0.2, -0.15) is 5.10 Å². The van der Waals surface area contributed by atoms with Crippen LogP contribution >= 0.6 is 0 Å². The van der Waals surface area contributed by atoms with Gasteiger partial charge in [-0.1, -0.05) is 26.0 Å². The molecule has 1 atom stereocenters. The highest BCUT2D eigenvalue weighted by molar-refractivity contribution is 5.78. The monoisotopic (exact) mass is 314 g/mol. The van der Waals surface area contributed by atoms with Crippen molar-refractivity contribution in [1.29, 1.82) is 0 Å². The van der Waals surface area contributed by atoms with Crippen LogP contribution in [0.5, 0.6) is 5.75 Å². The highest BCUT2D eigenvalue weighted by Crippen LogP contribution is 2.25. The third-order valence-electron chi connectivity index (χ3n) is 3.88. The van der Waals surface area contributed by atoms with Crippen LogP contribution in [-0.4, -0.2) is 20.7 Å². The molecule has 3 rings (SSSR count). The number of carbonyl (C=O) groups is 1. The quantitative estimate of drug-likeness (QED) is 0.889. The summed E-state index contributed by atoms with van der Waals surface area (Å²) in [6.07, 6.45) is 3.03. The standard InChI is InChI=1S/C17H22N4O2/c1-12(2)9-21-16(18-11-19-21)10-23-14-5-3-13(4-6-14)15-7-8-17(22)20-15/h3-6,11-12,15H,7-10H2,1-2H3,(H,20,22).